The molecule has 224 valence electrons. The van der Waals surface area contributed by atoms with E-state index in [0.717, 1.165) is 50.7 Å². The van der Waals surface area contributed by atoms with E-state index in [1.165, 1.54) is 11.0 Å². The maximum atomic E-state index is 13.9. The Morgan fingerprint density at radius 3 is 2.02 bits per heavy atom. The van der Waals surface area contributed by atoms with Gasteiger partial charge in [0.1, 0.15) is 11.7 Å². The second kappa shape index (κ2) is 12.9. The molecule has 0 saturated heterocycles. The number of hydrogen-bond acceptors (Lipinski definition) is 3. The molecular formula is C30H33Cl3F3NO3S. The second-order valence-electron chi connectivity index (χ2n) is 11.6. The van der Waals surface area contributed by atoms with Crippen molar-refractivity contribution < 1.29 is 27.0 Å². The van der Waals surface area contributed by atoms with Gasteiger partial charge in [-0.1, -0.05) is 34.8 Å². The number of carbonyl (C=O) groups is 2. The molecule has 2 aromatic rings. The van der Waals surface area contributed by atoms with Gasteiger partial charge in [0.2, 0.25) is 0 Å². The maximum absolute atomic E-state index is 13.9. The van der Waals surface area contributed by atoms with Crippen LogP contribution in [0.5, 0.6) is 0 Å². The Kier molecular flexibility index (Phi) is 10.2. The van der Waals surface area contributed by atoms with Gasteiger partial charge in [-0.2, -0.15) is 13.2 Å². The normalized spacial score (nSPS) is 24.6. The number of carbonyl (C=O) groups excluding carboxylic acids is 2. The molecule has 2 saturated carbocycles. The quantitative estimate of drug-likeness (QED) is 0.301. The summed E-state index contributed by atoms with van der Waals surface area (Å²) < 4.78 is 55.1. The van der Waals surface area contributed by atoms with Crippen LogP contribution in [0.25, 0.3) is 0 Å². The van der Waals surface area contributed by atoms with Crippen molar-refractivity contribution in [1.82, 2.24) is 4.90 Å². The molecule has 0 heterocycles. The Morgan fingerprint density at radius 1 is 0.951 bits per heavy atom. The van der Waals surface area contributed by atoms with Crippen LogP contribution in [0.4, 0.5) is 13.2 Å². The van der Waals surface area contributed by atoms with Crippen molar-refractivity contribution in [3.63, 3.8) is 0 Å². The van der Waals surface area contributed by atoms with E-state index in [-0.39, 0.29) is 49.5 Å². The number of nitrogens with zero attached hydrogens (tertiary/aromatic N) is 1. The van der Waals surface area contributed by atoms with Gasteiger partial charge in [0.25, 0.3) is 5.91 Å². The molecule has 0 bridgehead atoms. The van der Waals surface area contributed by atoms with E-state index in [1.807, 2.05) is 0 Å². The lowest BCUT2D eigenvalue weighted by Gasteiger charge is -2.45. The molecule has 2 aliphatic rings. The Hall–Kier alpha value is -1.61. The molecule has 0 aliphatic heterocycles. The number of Topliss-reactive ketones (excluding diaryl/α,β-unsaturated/α-hetero) is 1. The van der Waals surface area contributed by atoms with E-state index >= 15 is 0 Å². The van der Waals surface area contributed by atoms with Crippen molar-refractivity contribution in [2.45, 2.75) is 80.0 Å². The first-order valence-corrected chi connectivity index (χ1v) is 16.0. The van der Waals surface area contributed by atoms with E-state index in [2.05, 4.69) is 0 Å². The molecule has 1 unspecified atom stereocenters. The number of amides is 1. The third-order valence-corrected chi connectivity index (χ3v) is 11.2. The van der Waals surface area contributed by atoms with Crippen molar-refractivity contribution in [2.75, 3.05) is 14.1 Å². The average molecular weight is 651 g/mol. The van der Waals surface area contributed by atoms with Gasteiger partial charge in [-0.15, -0.1) is 0 Å². The molecule has 4 rings (SSSR count). The number of ketones is 1. The van der Waals surface area contributed by atoms with E-state index in [0.29, 0.717) is 23.3 Å². The molecule has 0 aromatic heterocycles. The van der Waals surface area contributed by atoms with Crippen LogP contribution in [-0.4, -0.2) is 46.3 Å². The van der Waals surface area contributed by atoms with Gasteiger partial charge < -0.3 is 4.90 Å². The highest BCUT2D eigenvalue weighted by atomic mass is 35.5. The fourth-order valence-electron chi connectivity index (χ4n) is 6.34. The van der Waals surface area contributed by atoms with Crippen LogP contribution in [-0.2, 0) is 15.6 Å². The summed E-state index contributed by atoms with van der Waals surface area (Å²) >= 11 is 18.2. The Bertz CT molecular complexity index is 1300. The molecule has 41 heavy (non-hydrogen) atoms. The minimum atomic E-state index is -4.73. The zero-order valence-electron chi connectivity index (χ0n) is 22.9. The molecule has 0 radical (unpaired) electrons. The number of alkyl halides is 3. The maximum Gasteiger partial charge on any atom is 0.402 e. The lowest BCUT2D eigenvalue weighted by atomic mass is 9.62. The summed E-state index contributed by atoms with van der Waals surface area (Å²) in [5.41, 5.74) is 0.219. The number of halogens is 6. The monoisotopic (exact) mass is 649 g/mol. The van der Waals surface area contributed by atoms with Crippen molar-refractivity contribution in [1.29, 1.82) is 0 Å². The van der Waals surface area contributed by atoms with Crippen LogP contribution in [0.15, 0.2) is 41.3 Å². The first-order chi connectivity index (χ1) is 19.2. The molecule has 2 aromatic carbocycles. The third-order valence-electron chi connectivity index (χ3n) is 8.63. The van der Waals surface area contributed by atoms with E-state index in [4.69, 9.17) is 34.8 Å². The molecule has 0 N–H and O–H groups in total. The zero-order valence-corrected chi connectivity index (χ0v) is 26.0. The van der Waals surface area contributed by atoms with Crippen LogP contribution in [0, 0.1) is 11.3 Å². The zero-order chi connectivity index (χ0) is 30.1. The number of benzene rings is 2. The number of rotatable bonds is 7. The Morgan fingerprint density at radius 2 is 1.51 bits per heavy atom. The van der Waals surface area contributed by atoms with E-state index < -0.39 is 28.7 Å². The third kappa shape index (κ3) is 7.67. The Labute approximate surface area is 256 Å². The van der Waals surface area contributed by atoms with Crippen molar-refractivity contribution in [3.8, 4) is 0 Å². The minimum Gasteiger partial charge on any atom is -0.345 e. The van der Waals surface area contributed by atoms with Gasteiger partial charge in [0.15, 0.2) is 0 Å². The van der Waals surface area contributed by atoms with Crippen LogP contribution < -0.4 is 0 Å². The van der Waals surface area contributed by atoms with Gasteiger partial charge in [-0.3, -0.25) is 13.8 Å². The van der Waals surface area contributed by atoms with Gasteiger partial charge in [-0.25, -0.2) is 0 Å². The Balaban J connectivity index is 1.33. The molecule has 2 fully saturated rings. The summed E-state index contributed by atoms with van der Waals surface area (Å²) in [4.78, 5) is 27.2. The van der Waals surface area contributed by atoms with Gasteiger partial charge in [-0.05, 0) is 105 Å². The van der Waals surface area contributed by atoms with Crippen LogP contribution in [0.1, 0.15) is 79.6 Å². The summed E-state index contributed by atoms with van der Waals surface area (Å²) in [5, 5.41) is 0.375. The van der Waals surface area contributed by atoms with Crippen LogP contribution in [0.3, 0.4) is 0 Å². The standard InChI is InChI=1S/C30H33Cl3F3NO3S/c1-37(2)28(39)24-4-3-23(17-25(24)33)41(40)22-7-11-29(12-8-22)9-5-18(6-10-29)13-26(38)27(30(34,35)36)19-14-20(31)16-21(32)15-19/h3-4,14-18,22,27H,5-13H2,1-2H3/t18?,22?,27-,29?,41?/m0/s1. The highest BCUT2D eigenvalue weighted by molar-refractivity contribution is 7.85. The smallest absolute Gasteiger partial charge is 0.345 e. The first kappa shape index (κ1) is 32.3. The average Bonchev–Trinajstić information content (AvgIpc) is 2.88. The lowest BCUT2D eigenvalue weighted by molar-refractivity contribution is -0.164. The molecule has 1 amide bonds. The lowest BCUT2D eigenvalue weighted by Crippen LogP contribution is -2.36. The van der Waals surface area contributed by atoms with Crippen molar-refractivity contribution in [3.05, 3.63) is 62.6 Å². The van der Waals surface area contributed by atoms with Crippen LogP contribution in [0.2, 0.25) is 15.1 Å². The highest BCUT2D eigenvalue weighted by Gasteiger charge is 2.47. The summed E-state index contributed by atoms with van der Waals surface area (Å²) in [6, 6.07) is 8.61. The summed E-state index contributed by atoms with van der Waals surface area (Å²) in [5.74, 6) is -3.42. The fraction of sp³-hybridized carbons (Fsp3) is 0.533. The van der Waals surface area contributed by atoms with Crippen LogP contribution >= 0.6 is 34.8 Å². The summed E-state index contributed by atoms with van der Waals surface area (Å²) in [6.07, 6.45) is 1.53. The SMILES string of the molecule is CN(C)C(=O)c1ccc(S(=O)C2CCC3(CCC(CC(=O)[C@H](c4cc(Cl)cc(Cl)c4)C(F)(F)F)CC3)CC2)cc1Cl. The predicted octanol–water partition coefficient (Wildman–Crippen LogP) is 8.88. The second-order valence-corrected chi connectivity index (χ2v) is 14.6. The fourth-order valence-corrected chi connectivity index (χ4v) is 8.70. The highest BCUT2D eigenvalue weighted by Crippen LogP contribution is 2.51. The molecule has 4 nitrogen and oxygen atoms in total. The first-order valence-electron chi connectivity index (χ1n) is 13.7. The topological polar surface area (TPSA) is 54.5 Å². The minimum absolute atomic E-state index is 0.0246. The van der Waals surface area contributed by atoms with Gasteiger partial charge in [0, 0.05) is 40.7 Å². The summed E-state index contributed by atoms with van der Waals surface area (Å²) in [6.45, 7) is 0. The predicted molar refractivity (Wildman–Crippen MR) is 157 cm³/mol. The van der Waals surface area contributed by atoms with Gasteiger partial charge in [0.05, 0.1) is 21.4 Å². The molecular weight excluding hydrogens is 618 g/mol. The summed E-state index contributed by atoms with van der Waals surface area (Å²) in [7, 11) is 2.02. The van der Waals surface area contributed by atoms with Gasteiger partial charge >= 0.3 is 6.18 Å². The largest absolute Gasteiger partial charge is 0.402 e. The molecule has 2 aliphatic carbocycles. The van der Waals surface area contributed by atoms with E-state index in [9.17, 15) is 27.0 Å². The molecule has 2 atom stereocenters. The van der Waals surface area contributed by atoms with Crippen molar-refractivity contribution >= 4 is 57.3 Å². The van der Waals surface area contributed by atoms with Crippen molar-refractivity contribution in [2.24, 2.45) is 11.3 Å². The molecule has 11 heteroatoms. The number of hydrogen-bond donors (Lipinski definition) is 0. The van der Waals surface area contributed by atoms with E-state index in [1.54, 1.807) is 32.3 Å². The molecule has 1 spiro atoms.